The molecule has 0 aromatic carbocycles. The zero-order valence-corrected chi connectivity index (χ0v) is 10.4. The van der Waals surface area contributed by atoms with Crippen molar-refractivity contribution in [1.82, 2.24) is 9.88 Å². The summed E-state index contributed by atoms with van der Waals surface area (Å²) in [7, 11) is 1.68. The zero-order chi connectivity index (χ0) is 12.7. The number of carbonyl (C=O) groups excluding carboxylic acids is 1. The highest BCUT2D eigenvalue weighted by molar-refractivity contribution is 8.00. The summed E-state index contributed by atoms with van der Waals surface area (Å²) < 4.78 is 0. The van der Waals surface area contributed by atoms with Gasteiger partial charge in [0.05, 0.1) is 23.9 Å². The Hall–Kier alpha value is -1.74. The van der Waals surface area contributed by atoms with Gasteiger partial charge in [-0.1, -0.05) is 11.8 Å². The summed E-state index contributed by atoms with van der Waals surface area (Å²) in [5.41, 5.74) is 6.29. The second kappa shape index (κ2) is 6.76. The van der Waals surface area contributed by atoms with Gasteiger partial charge < -0.3 is 10.6 Å². The first-order valence-corrected chi connectivity index (χ1v) is 6.08. The monoisotopic (exact) mass is 250 g/mol. The molecule has 0 bridgehead atoms. The SMILES string of the molecule is CN(CCC#N)C(=O)CSc1ncccc1N. The van der Waals surface area contributed by atoms with Crippen LogP contribution < -0.4 is 5.73 Å². The molecule has 6 heteroatoms. The Morgan fingerprint density at radius 1 is 1.71 bits per heavy atom. The maximum Gasteiger partial charge on any atom is 0.232 e. The van der Waals surface area contributed by atoms with Crippen molar-refractivity contribution in [2.75, 3.05) is 25.1 Å². The summed E-state index contributed by atoms with van der Waals surface area (Å²) in [4.78, 5) is 17.3. The minimum atomic E-state index is -0.0321. The van der Waals surface area contributed by atoms with Crippen LogP contribution >= 0.6 is 11.8 Å². The topological polar surface area (TPSA) is 83.0 Å². The lowest BCUT2D eigenvalue weighted by Gasteiger charge is -2.14. The molecule has 1 heterocycles. The van der Waals surface area contributed by atoms with Crippen LogP contribution in [0.5, 0.6) is 0 Å². The van der Waals surface area contributed by atoms with Gasteiger partial charge >= 0.3 is 0 Å². The van der Waals surface area contributed by atoms with Crippen molar-refractivity contribution in [3.05, 3.63) is 18.3 Å². The predicted octanol–water partition coefficient (Wildman–Crippen LogP) is 1.13. The second-order valence-electron chi connectivity index (χ2n) is 3.41. The molecule has 0 saturated heterocycles. The first-order chi connectivity index (χ1) is 8.15. The third-order valence-corrected chi connectivity index (χ3v) is 3.12. The van der Waals surface area contributed by atoms with Gasteiger partial charge in [-0.3, -0.25) is 4.79 Å². The van der Waals surface area contributed by atoms with Crippen molar-refractivity contribution in [2.45, 2.75) is 11.4 Å². The standard InChI is InChI=1S/C11H14N4OS/c1-15(7-3-5-12)10(16)8-17-11-9(13)4-2-6-14-11/h2,4,6H,3,7-8,13H2,1H3. The van der Waals surface area contributed by atoms with Gasteiger partial charge in [0.1, 0.15) is 5.03 Å². The van der Waals surface area contributed by atoms with Crippen LogP contribution in [0, 0.1) is 11.3 Å². The van der Waals surface area contributed by atoms with Gasteiger partial charge in [-0.2, -0.15) is 5.26 Å². The molecule has 0 fully saturated rings. The van der Waals surface area contributed by atoms with E-state index in [1.165, 1.54) is 16.7 Å². The number of carbonyl (C=O) groups is 1. The predicted molar refractivity (Wildman–Crippen MR) is 67.2 cm³/mol. The van der Waals surface area contributed by atoms with E-state index in [1.54, 1.807) is 25.4 Å². The smallest absolute Gasteiger partial charge is 0.232 e. The number of thioether (sulfide) groups is 1. The highest BCUT2D eigenvalue weighted by Gasteiger charge is 2.10. The summed E-state index contributed by atoms with van der Waals surface area (Å²) in [6.45, 7) is 0.452. The summed E-state index contributed by atoms with van der Waals surface area (Å²) in [5.74, 6) is 0.249. The summed E-state index contributed by atoms with van der Waals surface area (Å²) in [5, 5.41) is 9.08. The number of nitriles is 1. The molecule has 17 heavy (non-hydrogen) atoms. The Kier molecular flexibility index (Phi) is 5.30. The van der Waals surface area contributed by atoms with E-state index >= 15 is 0 Å². The lowest BCUT2D eigenvalue weighted by Crippen LogP contribution is -2.29. The number of amides is 1. The van der Waals surface area contributed by atoms with Gasteiger partial charge in [-0.15, -0.1) is 0 Å². The molecular weight excluding hydrogens is 236 g/mol. The number of pyridine rings is 1. The normalized spacial score (nSPS) is 9.65. The van der Waals surface area contributed by atoms with Crippen LogP contribution in [-0.4, -0.2) is 35.1 Å². The van der Waals surface area contributed by atoms with E-state index in [1.807, 2.05) is 6.07 Å². The van der Waals surface area contributed by atoms with Crippen LogP contribution in [0.1, 0.15) is 6.42 Å². The lowest BCUT2D eigenvalue weighted by atomic mass is 10.4. The summed E-state index contributed by atoms with van der Waals surface area (Å²) in [6.07, 6.45) is 1.99. The second-order valence-corrected chi connectivity index (χ2v) is 4.37. The molecule has 90 valence electrons. The number of nitrogens with zero attached hydrogens (tertiary/aromatic N) is 3. The van der Waals surface area contributed by atoms with E-state index in [0.717, 1.165) is 0 Å². The highest BCUT2D eigenvalue weighted by atomic mass is 32.2. The van der Waals surface area contributed by atoms with Crippen molar-refractivity contribution in [3.63, 3.8) is 0 Å². The molecule has 1 aromatic rings. The molecular formula is C11H14N4OS. The third kappa shape index (κ3) is 4.33. The van der Waals surface area contributed by atoms with Crippen molar-refractivity contribution in [1.29, 1.82) is 5.26 Å². The third-order valence-electron chi connectivity index (χ3n) is 2.12. The first kappa shape index (κ1) is 13.3. The minimum absolute atomic E-state index is 0.0321. The largest absolute Gasteiger partial charge is 0.397 e. The first-order valence-electron chi connectivity index (χ1n) is 5.09. The lowest BCUT2D eigenvalue weighted by molar-refractivity contribution is -0.127. The fraction of sp³-hybridized carbons (Fsp3) is 0.364. The van der Waals surface area contributed by atoms with Gasteiger partial charge in [0, 0.05) is 19.8 Å². The molecule has 0 atom stereocenters. The molecule has 0 aliphatic carbocycles. The molecule has 0 saturated carbocycles. The van der Waals surface area contributed by atoms with Gasteiger partial charge in [0.2, 0.25) is 5.91 Å². The molecule has 1 rings (SSSR count). The summed E-state index contributed by atoms with van der Waals surface area (Å²) >= 11 is 1.31. The molecule has 0 aliphatic rings. The van der Waals surface area contributed by atoms with E-state index in [9.17, 15) is 4.79 Å². The van der Waals surface area contributed by atoms with E-state index in [2.05, 4.69) is 4.98 Å². The minimum Gasteiger partial charge on any atom is -0.397 e. The average Bonchev–Trinajstić information content (AvgIpc) is 2.34. The number of nitrogens with two attached hydrogens (primary N) is 1. The van der Waals surface area contributed by atoms with E-state index in [0.29, 0.717) is 23.7 Å². The Bertz CT molecular complexity index is 430. The number of anilines is 1. The molecule has 0 spiro atoms. The van der Waals surface area contributed by atoms with E-state index in [4.69, 9.17) is 11.0 Å². The van der Waals surface area contributed by atoms with Crippen LogP contribution in [0.25, 0.3) is 0 Å². The van der Waals surface area contributed by atoms with Crippen LogP contribution in [0.4, 0.5) is 5.69 Å². The Balaban J connectivity index is 2.43. The quantitative estimate of drug-likeness (QED) is 0.792. The van der Waals surface area contributed by atoms with Crippen molar-refractivity contribution >= 4 is 23.4 Å². The maximum absolute atomic E-state index is 11.7. The van der Waals surface area contributed by atoms with Crippen molar-refractivity contribution in [3.8, 4) is 6.07 Å². The Labute approximate surface area is 105 Å². The summed E-state index contributed by atoms with van der Waals surface area (Å²) in [6, 6.07) is 5.50. The molecule has 0 radical (unpaired) electrons. The molecule has 2 N–H and O–H groups in total. The highest BCUT2D eigenvalue weighted by Crippen LogP contribution is 2.21. The van der Waals surface area contributed by atoms with Crippen LogP contribution in [-0.2, 0) is 4.79 Å². The Morgan fingerprint density at radius 2 is 2.47 bits per heavy atom. The van der Waals surface area contributed by atoms with Crippen LogP contribution in [0.2, 0.25) is 0 Å². The van der Waals surface area contributed by atoms with Gasteiger partial charge in [0.15, 0.2) is 0 Å². The number of hydrogen-bond acceptors (Lipinski definition) is 5. The van der Waals surface area contributed by atoms with Gasteiger partial charge in [-0.25, -0.2) is 4.98 Å². The number of rotatable bonds is 5. The molecule has 0 aliphatic heterocycles. The molecule has 0 unspecified atom stereocenters. The molecule has 1 amide bonds. The number of aromatic nitrogens is 1. The van der Waals surface area contributed by atoms with Crippen LogP contribution in [0.15, 0.2) is 23.4 Å². The fourth-order valence-corrected chi connectivity index (χ4v) is 1.96. The van der Waals surface area contributed by atoms with Gasteiger partial charge in [0.25, 0.3) is 0 Å². The Morgan fingerprint density at radius 3 is 3.12 bits per heavy atom. The van der Waals surface area contributed by atoms with Crippen molar-refractivity contribution < 1.29 is 4.79 Å². The van der Waals surface area contributed by atoms with E-state index in [-0.39, 0.29) is 11.7 Å². The zero-order valence-electron chi connectivity index (χ0n) is 9.59. The van der Waals surface area contributed by atoms with Crippen molar-refractivity contribution in [2.24, 2.45) is 0 Å². The maximum atomic E-state index is 11.7. The number of nitrogen functional groups attached to an aromatic ring is 1. The number of hydrogen-bond donors (Lipinski definition) is 1. The molecule has 1 aromatic heterocycles. The fourth-order valence-electron chi connectivity index (χ4n) is 1.11. The average molecular weight is 250 g/mol. The molecule has 5 nitrogen and oxygen atoms in total. The van der Waals surface area contributed by atoms with Crippen LogP contribution in [0.3, 0.4) is 0 Å². The van der Waals surface area contributed by atoms with E-state index < -0.39 is 0 Å². The van der Waals surface area contributed by atoms with Gasteiger partial charge in [-0.05, 0) is 12.1 Å².